The number of nitrogens with one attached hydrogen (secondary N) is 2. The maximum Gasteiger partial charge on any atom is 0.407 e. The van der Waals surface area contributed by atoms with Gasteiger partial charge in [-0.2, -0.15) is 0 Å². The number of carbonyl (C=O) groups excluding carboxylic acids is 6. The van der Waals surface area contributed by atoms with Gasteiger partial charge in [-0.05, 0) is 22.3 Å². The van der Waals surface area contributed by atoms with Gasteiger partial charge in [-0.15, -0.1) is 0 Å². The number of hydrogen-bond acceptors (Lipinski definition) is 13. The normalized spacial score (nSPS) is 21.3. The zero-order valence-corrected chi connectivity index (χ0v) is 28.1. The Balaban J connectivity index is 1.53. The highest BCUT2D eigenvalue weighted by atomic mass is 16.7. The minimum atomic E-state index is -1.49. The average Bonchev–Trinajstić information content (AvgIpc) is 3.38. The van der Waals surface area contributed by atoms with Crippen molar-refractivity contribution in [3.8, 4) is 11.1 Å². The lowest BCUT2D eigenvalue weighted by Gasteiger charge is -2.45. The van der Waals surface area contributed by atoms with E-state index < -0.39 is 85.8 Å². The second kappa shape index (κ2) is 17.4. The van der Waals surface area contributed by atoms with Crippen molar-refractivity contribution in [2.45, 2.75) is 70.3 Å². The van der Waals surface area contributed by atoms with Gasteiger partial charge in [0.05, 0.1) is 6.61 Å². The summed E-state index contributed by atoms with van der Waals surface area (Å²) in [7, 11) is 0. The molecule has 2 aromatic carbocycles. The van der Waals surface area contributed by atoms with Gasteiger partial charge in [0.25, 0.3) is 0 Å². The summed E-state index contributed by atoms with van der Waals surface area (Å²) in [6.45, 7) is 6.80. The van der Waals surface area contributed by atoms with Crippen LogP contribution in [0.4, 0.5) is 4.79 Å². The lowest BCUT2D eigenvalue weighted by atomic mass is 9.96. The summed E-state index contributed by atoms with van der Waals surface area (Å²) in [6, 6.07) is 12.8. The summed E-state index contributed by atoms with van der Waals surface area (Å²) in [4.78, 5) is 74.3. The van der Waals surface area contributed by atoms with Crippen LogP contribution in [0.15, 0.2) is 61.2 Å². The van der Waals surface area contributed by atoms with Crippen molar-refractivity contribution in [3.05, 3.63) is 72.3 Å². The first-order chi connectivity index (χ1) is 23.9. The topological polar surface area (TPSA) is 191 Å². The Morgan fingerprint density at radius 1 is 0.800 bits per heavy atom. The number of carbonyl (C=O) groups is 6. The lowest BCUT2D eigenvalue weighted by Crippen LogP contribution is -2.67. The zero-order chi connectivity index (χ0) is 36.4. The quantitative estimate of drug-likeness (QED) is 0.166. The summed E-state index contributed by atoms with van der Waals surface area (Å²) in [5.74, 6) is -4.00. The van der Waals surface area contributed by atoms with Crippen molar-refractivity contribution in [1.82, 2.24) is 10.6 Å². The van der Waals surface area contributed by atoms with E-state index >= 15 is 0 Å². The van der Waals surface area contributed by atoms with Gasteiger partial charge in [0.1, 0.15) is 32.0 Å². The minimum absolute atomic E-state index is 0.0368. The maximum absolute atomic E-state index is 13.1. The molecule has 2 N–H and O–H groups in total. The monoisotopic (exact) mass is 696 g/mol. The number of amides is 2. The van der Waals surface area contributed by atoms with Gasteiger partial charge < -0.3 is 43.8 Å². The first-order valence-electron chi connectivity index (χ1n) is 15.8. The minimum Gasteiger partial charge on any atom is -0.463 e. The second-order valence-corrected chi connectivity index (χ2v) is 11.5. The molecule has 0 unspecified atom stereocenters. The fraction of sp³-hybridized carbons (Fsp3) is 0.429. The predicted molar refractivity (Wildman–Crippen MR) is 173 cm³/mol. The molecule has 1 aliphatic heterocycles. The summed E-state index contributed by atoms with van der Waals surface area (Å²) >= 11 is 0. The Morgan fingerprint density at radius 2 is 1.40 bits per heavy atom. The van der Waals surface area contributed by atoms with E-state index in [0.717, 1.165) is 43.0 Å². The molecule has 15 nitrogen and oxygen atoms in total. The smallest absolute Gasteiger partial charge is 0.407 e. The van der Waals surface area contributed by atoms with Crippen LogP contribution in [0.3, 0.4) is 0 Å². The number of esters is 4. The van der Waals surface area contributed by atoms with E-state index in [1.807, 2.05) is 48.5 Å². The van der Waals surface area contributed by atoms with Crippen molar-refractivity contribution >= 4 is 35.9 Å². The molecule has 2 amide bonds. The molecule has 1 heterocycles. The van der Waals surface area contributed by atoms with Gasteiger partial charge in [0, 0.05) is 33.6 Å². The Hall–Kier alpha value is -5.28. The number of rotatable bonds is 14. The van der Waals surface area contributed by atoms with Crippen LogP contribution >= 0.6 is 0 Å². The third kappa shape index (κ3) is 9.66. The first-order valence-corrected chi connectivity index (χ1v) is 15.8. The first kappa shape index (κ1) is 37.5. The molecule has 0 aromatic heterocycles. The predicted octanol–water partition coefficient (Wildman–Crippen LogP) is 2.30. The molecule has 268 valence electrons. The maximum atomic E-state index is 13.1. The molecule has 6 atom stereocenters. The van der Waals surface area contributed by atoms with Crippen LogP contribution < -0.4 is 10.6 Å². The molecule has 0 radical (unpaired) electrons. The van der Waals surface area contributed by atoms with Gasteiger partial charge in [0.2, 0.25) is 5.91 Å². The molecule has 2 aromatic rings. The van der Waals surface area contributed by atoms with E-state index in [1.54, 1.807) is 0 Å². The highest BCUT2D eigenvalue weighted by molar-refractivity contribution is 5.82. The molecular weight excluding hydrogens is 656 g/mol. The molecule has 4 rings (SSSR count). The van der Waals surface area contributed by atoms with E-state index in [9.17, 15) is 28.8 Å². The second-order valence-electron chi connectivity index (χ2n) is 11.5. The van der Waals surface area contributed by atoms with Gasteiger partial charge in [-0.1, -0.05) is 61.2 Å². The standard InChI is InChI=1S/C35H40N2O13/c1-6-15-44-33(42)28(37-35(43)47-16-27-25-13-9-7-11-23(25)24-12-8-10-14-26(24)27)17-46-34-30(36-19(2)38)32(49-22(5)41)31(48-21(4)40)29(50-34)18-45-20(3)39/h6-14,27-32,34H,1,15-18H2,2-5H3,(H,36,38)(H,37,43)/t28-,29+,30+,31-,32+,34-/m0/s1. The fourth-order valence-corrected chi connectivity index (χ4v) is 5.82. The molecule has 1 aliphatic carbocycles. The number of ether oxygens (including phenoxy) is 7. The van der Waals surface area contributed by atoms with Crippen LogP contribution in [-0.4, -0.2) is 99.0 Å². The number of fused-ring (bicyclic) bond motifs is 3. The van der Waals surface area contributed by atoms with Crippen LogP contribution in [0.25, 0.3) is 11.1 Å². The molecule has 1 saturated heterocycles. The average molecular weight is 697 g/mol. The Kier molecular flexibility index (Phi) is 13.1. The van der Waals surface area contributed by atoms with Crippen LogP contribution in [0.1, 0.15) is 44.7 Å². The van der Waals surface area contributed by atoms with Gasteiger partial charge in [0.15, 0.2) is 24.5 Å². The molecule has 2 aliphatic rings. The largest absolute Gasteiger partial charge is 0.463 e. The summed E-state index contributed by atoms with van der Waals surface area (Å²) in [6.07, 6.45) is -5.09. The van der Waals surface area contributed by atoms with Gasteiger partial charge in [-0.25, -0.2) is 9.59 Å². The van der Waals surface area contributed by atoms with Crippen LogP contribution in [0.2, 0.25) is 0 Å². The van der Waals surface area contributed by atoms with Crippen molar-refractivity contribution in [3.63, 3.8) is 0 Å². The van der Waals surface area contributed by atoms with E-state index in [1.165, 1.54) is 13.0 Å². The van der Waals surface area contributed by atoms with Crippen molar-refractivity contribution in [2.75, 3.05) is 26.4 Å². The Labute approximate surface area is 288 Å². The SMILES string of the molecule is C=CCOC(=O)[C@H](CO[C@H]1O[C@H](COC(C)=O)[C@H](OC(C)=O)[C@H](OC(C)=O)[C@H]1NC(C)=O)NC(=O)OCC1c2ccccc2-c2ccccc21. The molecule has 0 saturated carbocycles. The zero-order valence-electron chi connectivity index (χ0n) is 28.1. The molecule has 15 heteroatoms. The van der Waals surface area contributed by atoms with Gasteiger partial charge >= 0.3 is 30.0 Å². The van der Waals surface area contributed by atoms with Crippen LogP contribution in [0.5, 0.6) is 0 Å². The third-order valence-electron chi connectivity index (χ3n) is 7.76. The molecule has 50 heavy (non-hydrogen) atoms. The molecular formula is C35H40N2O13. The summed E-state index contributed by atoms with van der Waals surface area (Å²) in [5.41, 5.74) is 4.05. The van der Waals surface area contributed by atoms with E-state index in [-0.39, 0.29) is 19.1 Å². The van der Waals surface area contributed by atoms with E-state index in [4.69, 9.17) is 33.2 Å². The molecule has 0 bridgehead atoms. The third-order valence-corrected chi connectivity index (χ3v) is 7.76. The number of alkyl carbamates (subject to hydrolysis) is 1. The highest BCUT2D eigenvalue weighted by Crippen LogP contribution is 2.44. The van der Waals surface area contributed by atoms with Crippen LogP contribution in [-0.2, 0) is 57.1 Å². The summed E-state index contributed by atoms with van der Waals surface area (Å²) in [5, 5.41) is 5.03. The van der Waals surface area contributed by atoms with E-state index in [2.05, 4.69) is 17.2 Å². The Morgan fingerprint density at radius 3 is 1.96 bits per heavy atom. The van der Waals surface area contributed by atoms with Gasteiger partial charge in [-0.3, -0.25) is 19.2 Å². The lowest BCUT2D eigenvalue weighted by molar-refractivity contribution is -0.278. The van der Waals surface area contributed by atoms with Crippen LogP contribution in [0, 0.1) is 0 Å². The van der Waals surface area contributed by atoms with Crippen molar-refractivity contribution in [2.24, 2.45) is 0 Å². The molecule has 1 fully saturated rings. The fourth-order valence-electron chi connectivity index (χ4n) is 5.82. The van der Waals surface area contributed by atoms with E-state index in [0.29, 0.717) is 0 Å². The number of benzene rings is 2. The summed E-state index contributed by atoms with van der Waals surface area (Å²) < 4.78 is 38.6. The number of hydrogen-bond donors (Lipinski definition) is 2. The van der Waals surface area contributed by atoms with Crippen molar-refractivity contribution < 1.29 is 61.9 Å². The highest BCUT2D eigenvalue weighted by Gasteiger charge is 2.51. The molecule has 0 spiro atoms. The van der Waals surface area contributed by atoms with Crippen molar-refractivity contribution in [1.29, 1.82) is 0 Å². The Bertz CT molecular complexity index is 1550.